The molecule has 27 heavy (non-hydrogen) atoms. The first kappa shape index (κ1) is 20.4. The second-order valence-corrected chi connectivity index (χ2v) is 5.64. The fraction of sp³-hybridized carbons (Fsp3) is 0.389. The summed E-state index contributed by atoms with van der Waals surface area (Å²) in [7, 11) is 1.52. The van der Waals surface area contributed by atoms with E-state index in [-0.39, 0.29) is 29.3 Å². The average molecular weight is 379 g/mol. The zero-order chi connectivity index (χ0) is 20.0. The molecule has 0 amide bonds. The Kier molecular flexibility index (Phi) is 6.89. The highest BCUT2D eigenvalue weighted by atomic mass is 19.1. The summed E-state index contributed by atoms with van der Waals surface area (Å²) in [5.41, 5.74) is 6.16. The second-order valence-electron chi connectivity index (χ2n) is 5.64. The Balaban J connectivity index is 2.01. The molecule has 1 heterocycles. The highest BCUT2D eigenvalue weighted by Gasteiger charge is 2.22. The van der Waals surface area contributed by atoms with Crippen molar-refractivity contribution in [3.8, 4) is 5.75 Å². The molecule has 0 spiro atoms. The smallest absolute Gasteiger partial charge is 0.344 e. The summed E-state index contributed by atoms with van der Waals surface area (Å²) in [6.45, 7) is 3.93. The third-order valence-corrected chi connectivity index (χ3v) is 3.80. The van der Waals surface area contributed by atoms with Crippen LogP contribution in [0.4, 0.5) is 10.2 Å². The number of Topliss-reactive ketones (excluding diaryl/α,β-unsaturated/α-hetero) is 1. The number of nitrogens with zero attached hydrogens (tertiary/aromatic N) is 2. The van der Waals surface area contributed by atoms with Gasteiger partial charge in [0.25, 0.3) is 0 Å². The molecule has 2 rings (SSSR count). The van der Waals surface area contributed by atoms with Crippen LogP contribution in [-0.2, 0) is 16.0 Å². The lowest BCUT2D eigenvalue weighted by molar-refractivity contribution is 0.0473. The predicted molar refractivity (Wildman–Crippen MR) is 95.4 cm³/mol. The van der Waals surface area contributed by atoms with Gasteiger partial charge in [0.05, 0.1) is 17.9 Å². The number of halogens is 1. The molecule has 0 unspecified atom stereocenters. The molecule has 0 aliphatic carbocycles. The first-order chi connectivity index (χ1) is 12.9. The highest BCUT2D eigenvalue weighted by molar-refractivity contribution is 6.01. The molecule has 0 saturated heterocycles. The summed E-state index contributed by atoms with van der Waals surface area (Å²) >= 11 is 0. The van der Waals surface area contributed by atoms with Crippen LogP contribution in [-0.4, -0.2) is 48.5 Å². The average Bonchev–Trinajstić information content (AvgIpc) is 2.93. The molecule has 0 saturated carbocycles. The van der Waals surface area contributed by atoms with E-state index >= 15 is 0 Å². The van der Waals surface area contributed by atoms with Gasteiger partial charge >= 0.3 is 5.97 Å². The van der Waals surface area contributed by atoms with E-state index in [0.717, 1.165) is 6.07 Å². The van der Waals surface area contributed by atoms with Crippen molar-refractivity contribution in [3.63, 3.8) is 0 Å². The zero-order valence-corrected chi connectivity index (χ0v) is 15.5. The molecule has 146 valence electrons. The molecule has 0 radical (unpaired) electrons. The number of hydrogen-bond donors (Lipinski definition) is 1. The Morgan fingerprint density at radius 1 is 1.30 bits per heavy atom. The number of ketones is 1. The minimum atomic E-state index is -0.780. The molecule has 0 fully saturated rings. The van der Waals surface area contributed by atoms with Gasteiger partial charge in [-0.25, -0.2) is 13.9 Å². The summed E-state index contributed by atoms with van der Waals surface area (Å²) in [5.74, 6) is -1.79. The molecule has 2 N–H and O–H groups in total. The Bertz CT molecular complexity index is 835. The van der Waals surface area contributed by atoms with Gasteiger partial charge in [-0.1, -0.05) is 0 Å². The van der Waals surface area contributed by atoms with E-state index in [1.165, 1.54) is 23.9 Å². The molecule has 0 bridgehead atoms. The van der Waals surface area contributed by atoms with E-state index in [2.05, 4.69) is 5.10 Å². The van der Waals surface area contributed by atoms with Crippen LogP contribution >= 0.6 is 0 Å². The minimum absolute atomic E-state index is 0.104. The number of benzene rings is 1. The fourth-order valence-corrected chi connectivity index (χ4v) is 2.43. The number of aromatic nitrogens is 2. The van der Waals surface area contributed by atoms with Crippen LogP contribution in [0.1, 0.15) is 33.3 Å². The number of rotatable bonds is 9. The number of nitrogen functional groups attached to an aromatic ring is 1. The summed E-state index contributed by atoms with van der Waals surface area (Å²) in [6, 6.07) is 3.84. The van der Waals surface area contributed by atoms with E-state index in [4.69, 9.17) is 19.9 Å². The van der Waals surface area contributed by atoms with Crippen molar-refractivity contribution in [2.45, 2.75) is 20.4 Å². The number of hydrogen-bond acceptors (Lipinski definition) is 7. The highest BCUT2D eigenvalue weighted by Crippen LogP contribution is 2.19. The van der Waals surface area contributed by atoms with E-state index in [0.29, 0.717) is 18.8 Å². The first-order valence-electron chi connectivity index (χ1n) is 8.33. The monoisotopic (exact) mass is 379 g/mol. The molecule has 0 aliphatic heterocycles. The first-order valence-corrected chi connectivity index (χ1v) is 8.33. The van der Waals surface area contributed by atoms with Crippen LogP contribution in [0.25, 0.3) is 0 Å². The van der Waals surface area contributed by atoms with E-state index in [9.17, 15) is 14.0 Å². The normalized spacial score (nSPS) is 10.7. The van der Waals surface area contributed by atoms with E-state index in [1.807, 2.05) is 6.92 Å². The number of anilines is 1. The number of ether oxygens (including phenoxy) is 3. The van der Waals surface area contributed by atoms with Crippen molar-refractivity contribution >= 4 is 17.6 Å². The Labute approximate surface area is 156 Å². The third-order valence-electron chi connectivity index (χ3n) is 3.80. The molecule has 1 aromatic heterocycles. The van der Waals surface area contributed by atoms with Gasteiger partial charge in [-0.2, -0.15) is 5.10 Å². The van der Waals surface area contributed by atoms with Crippen molar-refractivity contribution in [2.75, 3.05) is 32.7 Å². The van der Waals surface area contributed by atoms with Gasteiger partial charge in [0.1, 0.15) is 29.6 Å². The van der Waals surface area contributed by atoms with Gasteiger partial charge in [0.2, 0.25) is 5.78 Å². The minimum Gasteiger partial charge on any atom is -0.491 e. The number of carbonyl (C=O) groups is 2. The van der Waals surface area contributed by atoms with Crippen molar-refractivity contribution in [1.82, 2.24) is 9.78 Å². The Hall–Kier alpha value is -2.94. The molecule has 2 aromatic rings. The number of carbonyl (C=O) groups excluding carboxylic acids is 2. The van der Waals surface area contributed by atoms with Crippen LogP contribution in [0.15, 0.2) is 18.2 Å². The maximum absolute atomic E-state index is 14.1. The number of nitrogens with two attached hydrogens (primary N) is 1. The van der Waals surface area contributed by atoms with Crippen LogP contribution in [0.3, 0.4) is 0 Å². The van der Waals surface area contributed by atoms with E-state index in [1.54, 1.807) is 6.92 Å². The predicted octanol–water partition coefficient (Wildman–Crippen LogP) is 2.00. The largest absolute Gasteiger partial charge is 0.491 e. The molecule has 0 atom stereocenters. The van der Waals surface area contributed by atoms with Crippen LogP contribution < -0.4 is 10.5 Å². The molecular formula is C18H22FN3O5. The molecule has 9 heteroatoms. The van der Waals surface area contributed by atoms with Gasteiger partial charge in [0.15, 0.2) is 6.61 Å². The van der Waals surface area contributed by atoms with Gasteiger partial charge in [0, 0.05) is 19.7 Å². The molecular weight excluding hydrogens is 357 g/mol. The maximum Gasteiger partial charge on any atom is 0.344 e. The number of esters is 1. The third kappa shape index (κ3) is 4.82. The van der Waals surface area contributed by atoms with Crippen LogP contribution in [0.5, 0.6) is 5.75 Å². The lowest BCUT2D eigenvalue weighted by atomic mass is 10.1. The lowest BCUT2D eigenvalue weighted by Gasteiger charge is -2.08. The van der Waals surface area contributed by atoms with Crippen molar-refractivity contribution < 1.29 is 28.2 Å². The van der Waals surface area contributed by atoms with Crippen molar-refractivity contribution in [2.24, 2.45) is 0 Å². The summed E-state index contributed by atoms with van der Waals surface area (Å²) in [5, 5.41) is 4.11. The fourth-order valence-electron chi connectivity index (χ4n) is 2.43. The van der Waals surface area contributed by atoms with Crippen molar-refractivity contribution in [3.05, 3.63) is 40.8 Å². The molecule has 1 aromatic carbocycles. The second kappa shape index (κ2) is 9.13. The quantitative estimate of drug-likeness (QED) is 0.403. The summed E-state index contributed by atoms with van der Waals surface area (Å²) < 4.78 is 30.7. The van der Waals surface area contributed by atoms with Crippen LogP contribution in [0.2, 0.25) is 0 Å². The van der Waals surface area contributed by atoms with Gasteiger partial charge in [-0.05, 0) is 26.0 Å². The number of methoxy groups -OCH3 is 1. The van der Waals surface area contributed by atoms with Gasteiger partial charge < -0.3 is 19.9 Å². The number of aryl methyl sites for hydroxylation is 2. The van der Waals surface area contributed by atoms with Crippen LogP contribution in [0, 0.1) is 12.7 Å². The summed E-state index contributed by atoms with van der Waals surface area (Å²) in [4.78, 5) is 24.4. The standard InChI is InChI=1S/C18H22FN3O5/c1-4-22-17(20)16(11(2)21-22)18(24)27-10-15(23)13-6-5-12(9-14(13)19)26-8-7-25-3/h5-6,9H,4,7-8,10,20H2,1-3H3. The molecule has 8 nitrogen and oxygen atoms in total. The molecule has 0 aliphatic rings. The lowest BCUT2D eigenvalue weighted by Crippen LogP contribution is -2.17. The SMILES string of the molecule is CCn1nc(C)c(C(=O)OCC(=O)c2ccc(OCCOC)cc2F)c1N. The van der Waals surface area contributed by atoms with E-state index < -0.39 is 24.2 Å². The van der Waals surface area contributed by atoms with Gasteiger partial charge in [-0.3, -0.25) is 4.79 Å². The maximum atomic E-state index is 14.1. The van der Waals surface area contributed by atoms with Gasteiger partial charge in [-0.15, -0.1) is 0 Å². The zero-order valence-electron chi connectivity index (χ0n) is 15.5. The summed E-state index contributed by atoms with van der Waals surface area (Å²) in [6.07, 6.45) is 0. The Morgan fingerprint density at radius 2 is 2.04 bits per heavy atom. The van der Waals surface area contributed by atoms with Crippen molar-refractivity contribution in [1.29, 1.82) is 0 Å². The topological polar surface area (TPSA) is 106 Å². The Morgan fingerprint density at radius 3 is 2.63 bits per heavy atom.